The number of nitrogens with zero attached hydrogens (tertiary/aromatic N) is 1. The van der Waals surface area contributed by atoms with Crippen molar-refractivity contribution < 1.29 is 14.7 Å². The highest BCUT2D eigenvalue weighted by Gasteiger charge is 2.67. The number of carbonyl (C=O) groups excluding carboxylic acids is 1. The Kier molecular flexibility index (Phi) is 3.74. The Hall–Kier alpha value is -1.61. The van der Waals surface area contributed by atoms with Gasteiger partial charge in [0.15, 0.2) is 0 Å². The zero-order valence-electron chi connectivity index (χ0n) is 11.7. The van der Waals surface area contributed by atoms with Crippen molar-refractivity contribution in [2.45, 2.75) is 57.0 Å². The second-order valence-electron chi connectivity index (χ2n) is 6.00. The normalized spacial score (nSPS) is 32.8. The zero-order valence-corrected chi connectivity index (χ0v) is 11.7. The van der Waals surface area contributed by atoms with E-state index in [1.54, 1.807) is 0 Å². The number of carbonyl (C=O) groups is 2. The predicted molar refractivity (Wildman–Crippen MR) is 71.4 cm³/mol. The van der Waals surface area contributed by atoms with Crippen LogP contribution in [0, 0.1) is 22.7 Å². The topological polar surface area (TPSA) is 116 Å². The average molecular weight is 279 g/mol. The van der Waals surface area contributed by atoms with Crippen LogP contribution in [0.25, 0.3) is 0 Å². The van der Waals surface area contributed by atoms with Gasteiger partial charge in [0.05, 0.1) is 6.07 Å². The van der Waals surface area contributed by atoms with Crippen molar-refractivity contribution in [3.8, 4) is 6.07 Å². The van der Waals surface area contributed by atoms with Gasteiger partial charge in [-0.15, -0.1) is 0 Å². The first-order valence-corrected chi connectivity index (χ1v) is 7.09. The third-order valence-electron chi connectivity index (χ3n) is 4.79. The summed E-state index contributed by atoms with van der Waals surface area (Å²) >= 11 is 0. The van der Waals surface area contributed by atoms with E-state index in [2.05, 4.69) is 11.4 Å². The van der Waals surface area contributed by atoms with Gasteiger partial charge in [-0.05, 0) is 31.6 Å². The maximum Gasteiger partial charge on any atom is 0.314 e. The van der Waals surface area contributed by atoms with Gasteiger partial charge in [-0.2, -0.15) is 5.26 Å². The monoisotopic (exact) mass is 279 g/mol. The molecule has 110 valence electrons. The van der Waals surface area contributed by atoms with Gasteiger partial charge in [0, 0.05) is 13.0 Å². The summed E-state index contributed by atoms with van der Waals surface area (Å²) in [5.41, 5.74) is 3.37. The number of carboxylic acids is 1. The Balaban J connectivity index is 2.55. The van der Waals surface area contributed by atoms with Crippen LogP contribution in [0.1, 0.15) is 45.4 Å². The van der Waals surface area contributed by atoms with E-state index >= 15 is 0 Å². The number of hydrogen-bond donors (Lipinski definition) is 3. The van der Waals surface area contributed by atoms with E-state index < -0.39 is 23.0 Å². The fourth-order valence-corrected chi connectivity index (χ4v) is 3.71. The number of nitrogens with one attached hydrogen (secondary N) is 1. The van der Waals surface area contributed by atoms with Crippen molar-refractivity contribution in [1.82, 2.24) is 5.32 Å². The Bertz CT molecular complexity index is 469. The molecule has 2 aliphatic carbocycles. The van der Waals surface area contributed by atoms with Crippen LogP contribution in [0.5, 0.6) is 0 Å². The Morgan fingerprint density at radius 2 is 2.05 bits per heavy atom. The van der Waals surface area contributed by atoms with Crippen molar-refractivity contribution in [3.63, 3.8) is 0 Å². The van der Waals surface area contributed by atoms with Crippen molar-refractivity contribution in [2.24, 2.45) is 17.1 Å². The number of nitrogens with two attached hydrogens (primary N) is 1. The lowest BCUT2D eigenvalue weighted by Gasteiger charge is -2.49. The highest BCUT2D eigenvalue weighted by atomic mass is 16.4. The van der Waals surface area contributed by atoms with Crippen LogP contribution in [-0.2, 0) is 9.59 Å². The van der Waals surface area contributed by atoms with Gasteiger partial charge in [-0.1, -0.05) is 12.8 Å². The second-order valence-corrected chi connectivity index (χ2v) is 6.00. The first-order chi connectivity index (χ1) is 9.40. The summed E-state index contributed by atoms with van der Waals surface area (Å²) in [6.07, 6.45) is 4.01. The van der Waals surface area contributed by atoms with Crippen LogP contribution >= 0.6 is 0 Å². The van der Waals surface area contributed by atoms with Crippen LogP contribution in [-0.4, -0.2) is 28.6 Å². The predicted octanol–water partition coefficient (Wildman–Crippen LogP) is 0.767. The van der Waals surface area contributed by atoms with Crippen molar-refractivity contribution in [2.75, 3.05) is 0 Å². The summed E-state index contributed by atoms with van der Waals surface area (Å²) in [4.78, 5) is 23.6. The number of aliphatic carboxylic acids is 1. The Labute approximate surface area is 118 Å². The lowest BCUT2D eigenvalue weighted by Crippen LogP contribution is -2.70. The molecule has 2 aliphatic rings. The van der Waals surface area contributed by atoms with Gasteiger partial charge in [0.2, 0.25) is 5.91 Å². The fraction of sp³-hybridized carbons (Fsp3) is 0.786. The van der Waals surface area contributed by atoms with E-state index in [4.69, 9.17) is 5.73 Å². The van der Waals surface area contributed by atoms with Crippen molar-refractivity contribution in [1.29, 1.82) is 5.26 Å². The number of amides is 1. The standard InChI is InChI=1S/C14H21N3O3/c1-9(18)17-14(8-15,10-5-6-10)13(12(19)20)7-3-2-4-11(13)16/h10-11H,2-7,16H2,1H3,(H,17,18)(H,19,20). The molecule has 3 unspecified atom stereocenters. The number of hydrogen-bond acceptors (Lipinski definition) is 4. The summed E-state index contributed by atoms with van der Waals surface area (Å²) in [6.45, 7) is 1.32. The fourth-order valence-electron chi connectivity index (χ4n) is 3.71. The first-order valence-electron chi connectivity index (χ1n) is 7.09. The minimum Gasteiger partial charge on any atom is -0.481 e. The van der Waals surface area contributed by atoms with E-state index in [0.717, 1.165) is 25.7 Å². The molecule has 6 nitrogen and oxygen atoms in total. The van der Waals surface area contributed by atoms with Crippen LogP contribution in [0.15, 0.2) is 0 Å². The minimum absolute atomic E-state index is 0.114. The lowest BCUT2D eigenvalue weighted by atomic mass is 9.57. The molecule has 0 radical (unpaired) electrons. The summed E-state index contributed by atoms with van der Waals surface area (Å²) in [5.74, 6) is -1.56. The second kappa shape index (κ2) is 5.06. The van der Waals surface area contributed by atoms with Gasteiger partial charge in [-0.25, -0.2) is 0 Å². The SMILES string of the molecule is CC(=O)NC(C#N)(C1CC1)C1(C(=O)O)CCCCC1N. The Morgan fingerprint density at radius 3 is 2.45 bits per heavy atom. The van der Waals surface area contributed by atoms with Gasteiger partial charge in [-0.3, -0.25) is 9.59 Å². The molecule has 3 atom stereocenters. The van der Waals surface area contributed by atoms with Crippen LogP contribution in [0.3, 0.4) is 0 Å². The summed E-state index contributed by atoms with van der Waals surface area (Å²) in [5, 5.41) is 22.2. The molecule has 0 heterocycles. The maximum absolute atomic E-state index is 12.0. The molecule has 0 saturated heterocycles. The molecule has 0 aromatic heterocycles. The molecule has 0 aromatic rings. The molecule has 0 aliphatic heterocycles. The number of carboxylic acid groups (broad SMARTS) is 1. The smallest absolute Gasteiger partial charge is 0.314 e. The molecular formula is C14H21N3O3. The molecular weight excluding hydrogens is 258 g/mol. The lowest BCUT2D eigenvalue weighted by molar-refractivity contribution is -0.159. The summed E-state index contributed by atoms with van der Waals surface area (Å²) in [6, 6.07) is 1.53. The zero-order chi connectivity index (χ0) is 15.0. The molecule has 2 rings (SSSR count). The third-order valence-corrected chi connectivity index (χ3v) is 4.79. The van der Waals surface area contributed by atoms with Crippen molar-refractivity contribution >= 4 is 11.9 Å². The van der Waals surface area contributed by atoms with Crippen molar-refractivity contribution in [3.05, 3.63) is 0 Å². The summed E-state index contributed by atoms with van der Waals surface area (Å²) in [7, 11) is 0. The quantitative estimate of drug-likeness (QED) is 0.702. The van der Waals surface area contributed by atoms with Crippen LogP contribution < -0.4 is 11.1 Å². The highest BCUT2D eigenvalue weighted by Crippen LogP contribution is 2.54. The van der Waals surface area contributed by atoms with Crippen LogP contribution in [0.2, 0.25) is 0 Å². The van der Waals surface area contributed by atoms with E-state index in [-0.39, 0.29) is 11.8 Å². The molecule has 0 spiro atoms. The molecule has 6 heteroatoms. The van der Waals surface area contributed by atoms with Crippen LogP contribution in [0.4, 0.5) is 0 Å². The molecule has 2 saturated carbocycles. The molecule has 0 aromatic carbocycles. The highest BCUT2D eigenvalue weighted by molar-refractivity contribution is 5.82. The molecule has 4 N–H and O–H groups in total. The van der Waals surface area contributed by atoms with E-state index in [1.165, 1.54) is 6.92 Å². The van der Waals surface area contributed by atoms with E-state index in [9.17, 15) is 20.0 Å². The van der Waals surface area contributed by atoms with Gasteiger partial charge in [0.25, 0.3) is 0 Å². The first kappa shape index (κ1) is 14.8. The molecule has 1 amide bonds. The molecule has 2 fully saturated rings. The number of nitriles is 1. The molecule has 0 bridgehead atoms. The minimum atomic E-state index is -1.38. The van der Waals surface area contributed by atoms with Gasteiger partial charge in [0.1, 0.15) is 11.0 Å². The molecule has 20 heavy (non-hydrogen) atoms. The van der Waals surface area contributed by atoms with Gasteiger partial charge < -0.3 is 16.2 Å². The largest absolute Gasteiger partial charge is 0.481 e. The third kappa shape index (κ3) is 1.97. The average Bonchev–Trinajstić information content (AvgIpc) is 3.20. The Morgan fingerprint density at radius 1 is 1.40 bits per heavy atom. The maximum atomic E-state index is 12.0. The van der Waals surface area contributed by atoms with E-state index in [1.807, 2.05) is 0 Å². The summed E-state index contributed by atoms with van der Waals surface area (Å²) < 4.78 is 0. The van der Waals surface area contributed by atoms with Gasteiger partial charge >= 0.3 is 5.97 Å². The number of rotatable bonds is 4. The van der Waals surface area contributed by atoms with E-state index in [0.29, 0.717) is 12.8 Å².